The van der Waals surface area contributed by atoms with Crippen molar-refractivity contribution in [1.82, 2.24) is 14.9 Å². The summed E-state index contributed by atoms with van der Waals surface area (Å²) in [4.78, 5) is 55.1. The quantitative estimate of drug-likeness (QED) is 0.189. The summed E-state index contributed by atoms with van der Waals surface area (Å²) in [6.45, 7) is 0.995. The predicted octanol–water partition coefficient (Wildman–Crippen LogP) is 3.18. The highest BCUT2D eigenvalue weighted by Gasteiger charge is 2.49. The van der Waals surface area contributed by atoms with E-state index in [-0.39, 0.29) is 24.5 Å². The molecule has 234 valence electrons. The number of hydrogen-bond acceptors (Lipinski definition) is 7. The van der Waals surface area contributed by atoms with Crippen LogP contribution in [0.25, 0.3) is 11.4 Å². The van der Waals surface area contributed by atoms with E-state index in [9.17, 15) is 33.1 Å². The molecule has 0 bridgehead atoms. The van der Waals surface area contributed by atoms with Gasteiger partial charge in [-0.05, 0) is 30.5 Å². The normalized spacial score (nSPS) is 12.5. The van der Waals surface area contributed by atoms with Gasteiger partial charge in [-0.1, -0.05) is 84.4 Å². The van der Waals surface area contributed by atoms with Crippen LogP contribution < -0.4 is 21.9 Å². The number of aliphatic hydroxyl groups is 1. The van der Waals surface area contributed by atoms with Gasteiger partial charge in [0.25, 0.3) is 11.5 Å². The molecule has 2 atom stereocenters. The maximum Gasteiger partial charge on any atom is 0.412 e. The smallest absolute Gasteiger partial charge is 0.412 e. The number of hydrogen-bond donors (Lipinski definition) is 4. The second kappa shape index (κ2) is 14.4. The van der Waals surface area contributed by atoms with Gasteiger partial charge in [-0.2, -0.15) is 8.78 Å². The number of rotatable bonds is 12. The number of nitrogens with two attached hydrogens (primary N) is 1. The molecule has 13 heteroatoms. The molecule has 4 aromatic rings. The first-order valence-corrected chi connectivity index (χ1v) is 13.8. The summed E-state index contributed by atoms with van der Waals surface area (Å²) in [5.41, 5.74) is 6.15. The molecule has 2 unspecified atom stereocenters. The lowest BCUT2D eigenvalue weighted by atomic mass is 9.96. The van der Waals surface area contributed by atoms with Crippen molar-refractivity contribution in [1.29, 1.82) is 0 Å². The molecule has 45 heavy (non-hydrogen) atoms. The molecule has 0 saturated heterocycles. The third-order valence-electron chi connectivity index (χ3n) is 6.80. The van der Waals surface area contributed by atoms with Gasteiger partial charge in [-0.25, -0.2) is 9.78 Å². The van der Waals surface area contributed by atoms with Crippen LogP contribution in [-0.2, 0) is 33.9 Å². The Labute approximate surface area is 256 Å². The molecule has 0 radical (unpaired) electrons. The van der Waals surface area contributed by atoms with Crippen molar-refractivity contribution in [2.75, 3.05) is 5.32 Å². The zero-order valence-electron chi connectivity index (χ0n) is 24.2. The van der Waals surface area contributed by atoms with E-state index < -0.39 is 48.1 Å². The Morgan fingerprint density at radius 1 is 1.00 bits per heavy atom. The molecule has 1 aromatic heterocycles. The molecular formula is C32H31F2N5O6. The standard InChI is InChI=1S/C32H31F2N5O6/c1-20-9-8-14-23(15-20)28-36-17-25(38-31(44)45-19-22-12-6-3-7-13-22)29(42)39(28)18-26(40)37-24(16-21-10-4-2-5-11-21)27(41)32(33,34)30(35)43/h2-15,17,24,27,41H,16,18-19H2,1H3,(H2,35,43)(H,37,40)(H,38,44). The van der Waals surface area contributed by atoms with Gasteiger partial charge >= 0.3 is 12.0 Å². The van der Waals surface area contributed by atoms with Crippen molar-refractivity contribution in [3.63, 3.8) is 0 Å². The highest BCUT2D eigenvalue weighted by atomic mass is 19.3. The van der Waals surface area contributed by atoms with Crippen LogP contribution in [0.5, 0.6) is 0 Å². The number of amides is 3. The highest BCUT2D eigenvalue weighted by molar-refractivity contribution is 5.85. The molecular weight excluding hydrogens is 588 g/mol. The number of nitrogens with zero attached hydrogens (tertiary/aromatic N) is 2. The maximum atomic E-state index is 14.5. The van der Waals surface area contributed by atoms with Gasteiger partial charge < -0.3 is 20.9 Å². The number of benzene rings is 3. The number of nitrogens with one attached hydrogen (secondary N) is 2. The minimum atomic E-state index is -4.37. The summed E-state index contributed by atoms with van der Waals surface area (Å²) < 4.78 is 35.2. The average molecular weight is 620 g/mol. The van der Waals surface area contributed by atoms with Gasteiger partial charge in [0, 0.05) is 5.56 Å². The van der Waals surface area contributed by atoms with E-state index in [1.54, 1.807) is 78.9 Å². The fourth-order valence-corrected chi connectivity index (χ4v) is 4.51. The Morgan fingerprint density at radius 3 is 2.27 bits per heavy atom. The zero-order valence-corrected chi connectivity index (χ0v) is 24.2. The minimum absolute atomic E-state index is 0.0460. The number of primary amides is 1. The number of anilines is 1. The van der Waals surface area contributed by atoms with E-state index in [2.05, 4.69) is 15.6 Å². The molecule has 0 saturated carbocycles. The van der Waals surface area contributed by atoms with E-state index in [1.807, 2.05) is 13.0 Å². The SMILES string of the molecule is Cc1cccc(-c2ncc(NC(=O)OCc3ccccc3)c(=O)n2CC(=O)NC(Cc2ccccc2)C(O)C(F)(F)C(N)=O)c1. The Morgan fingerprint density at radius 2 is 1.64 bits per heavy atom. The summed E-state index contributed by atoms with van der Waals surface area (Å²) in [6.07, 6.45) is -2.80. The molecule has 0 aliphatic heterocycles. The van der Waals surface area contributed by atoms with Crippen LogP contribution in [-0.4, -0.2) is 50.6 Å². The van der Waals surface area contributed by atoms with Gasteiger partial charge in [0.15, 0.2) is 0 Å². The van der Waals surface area contributed by atoms with E-state index in [1.165, 1.54) is 0 Å². The van der Waals surface area contributed by atoms with Gasteiger partial charge in [-0.3, -0.25) is 24.3 Å². The summed E-state index contributed by atoms with van der Waals surface area (Å²) >= 11 is 0. The van der Waals surface area contributed by atoms with Crippen molar-refractivity contribution in [3.05, 3.63) is 118 Å². The van der Waals surface area contributed by atoms with E-state index in [4.69, 9.17) is 10.5 Å². The minimum Gasteiger partial charge on any atom is -0.444 e. The van der Waals surface area contributed by atoms with Crippen molar-refractivity contribution in [2.45, 2.75) is 44.6 Å². The summed E-state index contributed by atoms with van der Waals surface area (Å²) in [7, 11) is 0. The van der Waals surface area contributed by atoms with E-state index >= 15 is 0 Å². The summed E-state index contributed by atoms with van der Waals surface area (Å²) in [5, 5.41) is 15.1. The Balaban J connectivity index is 1.63. The summed E-state index contributed by atoms with van der Waals surface area (Å²) in [6, 6.07) is 22.2. The Bertz CT molecular complexity index is 1720. The average Bonchev–Trinajstić information content (AvgIpc) is 3.02. The first-order chi connectivity index (χ1) is 21.5. The van der Waals surface area contributed by atoms with Crippen LogP contribution in [0.15, 0.2) is 95.9 Å². The number of halogens is 2. The lowest BCUT2D eigenvalue weighted by molar-refractivity contribution is -0.164. The predicted molar refractivity (Wildman–Crippen MR) is 161 cm³/mol. The largest absolute Gasteiger partial charge is 0.444 e. The van der Waals surface area contributed by atoms with Crippen molar-refractivity contribution >= 4 is 23.6 Å². The fourth-order valence-electron chi connectivity index (χ4n) is 4.51. The number of carbonyl (C=O) groups is 3. The zero-order chi connectivity index (χ0) is 32.6. The van der Waals surface area contributed by atoms with Crippen LogP contribution in [0.4, 0.5) is 19.3 Å². The molecule has 5 N–H and O–H groups in total. The monoisotopic (exact) mass is 619 g/mol. The van der Waals surface area contributed by atoms with Gasteiger partial charge in [0.2, 0.25) is 5.91 Å². The number of carbonyl (C=O) groups excluding carboxylic acids is 3. The third kappa shape index (κ3) is 8.36. The third-order valence-corrected chi connectivity index (χ3v) is 6.80. The second-order valence-electron chi connectivity index (χ2n) is 10.2. The van der Waals surface area contributed by atoms with Crippen LogP contribution in [0.2, 0.25) is 0 Å². The lowest BCUT2D eigenvalue weighted by Crippen LogP contribution is -2.57. The molecule has 11 nitrogen and oxygen atoms in total. The number of aryl methyl sites for hydroxylation is 1. The molecule has 0 fully saturated rings. The number of ether oxygens (including phenoxy) is 1. The first kappa shape index (κ1) is 32.5. The molecule has 0 aliphatic carbocycles. The second-order valence-corrected chi connectivity index (χ2v) is 10.2. The Kier molecular flexibility index (Phi) is 10.4. The van der Waals surface area contributed by atoms with E-state index in [0.29, 0.717) is 16.7 Å². The van der Waals surface area contributed by atoms with Crippen LogP contribution in [0.1, 0.15) is 16.7 Å². The van der Waals surface area contributed by atoms with Crippen molar-refractivity contribution in [3.8, 4) is 11.4 Å². The van der Waals surface area contributed by atoms with Crippen LogP contribution in [0, 0.1) is 6.92 Å². The Hall–Kier alpha value is -5.43. The molecule has 1 heterocycles. The van der Waals surface area contributed by atoms with Gasteiger partial charge in [-0.15, -0.1) is 0 Å². The highest BCUT2D eigenvalue weighted by Crippen LogP contribution is 2.23. The number of aliphatic hydroxyl groups excluding tert-OH is 1. The number of aromatic nitrogens is 2. The molecule has 3 aromatic carbocycles. The summed E-state index contributed by atoms with van der Waals surface area (Å²) in [5.74, 6) is -7.36. The molecule has 0 aliphatic rings. The topological polar surface area (TPSA) is 166 Å². The van der Waals surface area contributed by atoms with Gasteiger partial charge in [0.05, 0.1) is 12.2 Å². The van der Waals surface area contributed by atoms with Gasteiger partial charge in [0.1, 0.15) is 30.8 Å². The first-order valence-electron chi connectivity index (χ1n) is 13.8. The maximum absolute atomic E-state index is 14.5. The molecule has 4 rings (SSSR count). The fraction of sp³-hybridized carbons (Fsp3) is 0.219. The molecule has 0 spiro atoms. The number of alkyl halides is 2. The van der Waals surface area contributed by atoms with Crippen LogP contribution >= 0.6 is 0 Å². The molecule has 3 amide bonds. The van der Waals surface area contributed by atoms with E-state index in [0.717, 1.165) is 16.3 Å². The van der Waals surface area contributed by atoms with Crippen LogP contribution in [0.3, 0.4) is 0 Å². The van der Waals surface area contributed by atoms with Crippen molar-refractivity contribution < 1.29 is 33.0 Å². The van der Waals surface area contributed by atoms with Crippen molar-refractivity contribution in [2.24, 2.45) is 5.73 Å². The lowest BCUT2D eigenvalue weighted by Gasteiger charge is -2.29.